The van der Waals surface area contributed by atoms with Crippen molar-refractivity contribution in [2.45, 2.75) is 13.2 Å². The highest BCUT2D eigenvalue weighted by Crippen LogP contribution is 2.36. The average Bonchev–Trinajstić information content (AvgIpc) is 3.12. The van der Waals surface area contributed by atoms with Gasteiger partial charge in [0, 0.05) is 12.1 Å². The predicted molar refractivity (Wildman–Crippen MR) is 138 cm³/mol. The van der Waals surface area contributed by atoms with E-state index in [1.807, 2.05) is 0 Å². The number of non-ortho nitro benzene ring substituents is 1. The van der Waals surface area contributed by atoms with Gasteiger partial charge in [-0.1, -0.05) is 35.3 Å². The van der Waals surface area contributed by atoms with E-state index in [-0.39, 0.29) is 29.0 Å². The van der Waals surface area contributed by atoms with Crippen molar-refractivity contribution in [3.8, 4) is 11.5 Å². The van der Waals surface area contributed by atoms with Crippen molar-refractivity contribution in [1.82, 2.24) is 4.90 Å². The van der Waals surface area contributed by atoms with Gasteiger partial charge in [-0.25, -0.2) is 0 Å². The Kier molecular flexibility index (Phi) is 7.83. The third-order valence-electron chi connectivity index (χ3n) is 5.23. The predicted octanol–water partition coefficient (Wildman–Crippen LogP) is 6.73. The number of nitro benzene ring substituents is 1. The van der Waals surface area contributed by atoms with Gasteiger partial charge < -0.3 is 9.47 Å². The molecule has 1 aliphatic rings. The molecule has 1 aliphatic heterocycles. The topological polar surface area (TPSA) is 99.0 Å². The van der Waals surface area contributed by atoms with Crippen LogP contribution in [0.15, 0.2) is 65.6 Å². The van der Waals surface area contributed by atoms with Gasteiger partial charge in [0.05, 0.1) is 33.5 Å². The molecule has 0 aliphatic carbocycles. The summed E-state index contributed by atoms with van der Waals surface area (Å²) < 4.78 is 11.2. The smallest absolute Gasteiger partial charge is 0.293 e. The zero-order chi connectivity index (χ0) is 25.8. The van der Waals surface area contributed by atoms with Crippen molar-refractivity contribution in [2.75, 3.05) is 7.11 Å². The van der Waals surface area contributed by atoms with Gasteiger partial charge in [-0.2, -0.15) is 0 Å². The Balaban J connectivity index is 1.50. The van der Waals surface area contributed by atoms with Gasteiger partial charge in [0.2, 0.25) is 0 Å². The largest absolute Gasteiger partial charge is 0.493 e. The Morgan fingerprint density at radius 1 is 0.972 bits per heavy atom. The van der Waals surface area contributed by atoms with Gasteiger partial charge in [-0.05, 0) is 70.9 Å². The molecule has 4 rings (SSSR count). The number of benzene rings is 3. The molecule has 0 aromatic heterocycles. The summed E-state index contributed by atoms with van der Waals surface area (Å²) in [4.78, 5) is 37.2. The minimum atomic E-state index is -0.469. The van der Waals surface area contributed by atoms with Crippen molar-refractivity contribution in [2.24, 2.45) is 0 Å². The third-order valence-corrected chi connectivity index (χ3v) is 6.87. The number of ether oxygens (including phenoxy) is 2. The molecule has 0 atom stereocenters. The lowest BCUT2D eigenvalue weighted by Crippen LogP contribution is -2.27. The van der Waals surface area contributed by atoms with Gasteiger partial charge in [0.25, 0.3) is 16.8 Å². The number of rotatable bonds is 8. The molecule has 1 fully saturated rings. The monoisotopic (exact) mass is 544 g/mol. The van der Waals surface area contributed by atoms with Crippen molar-refractivity contribution < 1.29 is 24.0 Å². The van der Waals surface area contributed by atoms with E-state index in [1.54, 1.807) is 54.6 Å². The van der Waals surface area contributed by atoms with Crippen LogP contribution in [0.5, 0.6) is 11.5 Å². The molecule has 0 spiro atoms. The second-order valence-corrected chi connectivity index (χ2v) is 9.45. The van der Waals surface area contributed by atoms with Crippen LogP contribution in [0.2, 0.25) is 10.0 Å². The van der Waals surface area contributed by atoms with E-state index in [0.29, 0.717) is 32.7 Å². The maximum Gasteiger partial charge on any atom is 0.293 e. The summed E-state index contributed by atoms with van der Waals surface area (Å²) in [5, 5.41) is 11.2. The van der Waals surface area contributed by atoms with E-state index < -0.39 is 10.8 Å². The molecule has 3 aromatic carbocycles. The Morgan fingerprint density at radius 2 is 1.69 bits per heavy atom. The van der Waals surface area contributed by atoms with Crippen LogP contribution in [-0.4, -0.2) is 28.1 Å². The highest BCUT2D eigenvalue weighted by molar-refractivity contribution is 8.18. The van der Waals surface area contributed by atoms with E-state index in [4.69, 9.17) is 32.7 Å². The number of hydrogen-bond donors (Lipinski definition) is 0. The highest BCUT2D eigenvalue weighted by atomic mass is 35.5. The van der Waals surface area contributed by atoms with Crippen LogP contribution in [0.1, 0.15) is 16.7 Å². The van der Waals surface area contributed by atoms with Gasteiger partial charge in [-0.15, -0.1) is 0 Å². The number of nitrogens with zero attached hydrogens (tertiary/aromatic N) is 2. The molecule has 8 nitrogen and oxygen atoms in total. The van der Waals surface area contributed by atoms with Crippen molar-refractivity contribution in [1.29, 1.82) is 0 Å². The molecule has 0 unspecified atom stereocenters. The molecule has 0 saturated carbocycles. The lowest BCUT2D eigenvalue weighted by molar-refractivity contribution is -0.384. The fraction of sp³-hybridized carbons (Fsp3) is 0.120. The summed E-state index contributed by atoms with van der Waals surface area (Å²) in [6.45, 7) is 0.225. The minimum Gasteiger partial charge on any atom is -0.493 e. The van der Waals surface area contributed by atoms with Crippen molar-refractivity contribution >= 4 is 57.9 Å². The van der Waals surface area contributed by atoms with Gasteiger partial charge in [0.1, 0.15) is 6.61 Å². The summed E-state index contributed by atoms with van der Waals surface area (Å²) >= 11 is 12.8. The summed E-state index contributed by atoms with van der Waals surface area (Å²) in [6.07, 6.45) is 1.61. The summed E-state index contributed by atoms with van der Waals surface area (Å²) in [6, 6.07) is 16.1. The zero-order valence-corrected chi connectivity index (χ0v) is 21.1. The van der Waals surface area contributed by atoms with Crippen LogP contribution in [0.25, 0.3) is 6.08 Å². The fourth-order valence-electron chi connectivity index (χ4n) is 3.38. The standard InChI is InChI=1S/C25H18Cl2N2O6S/c1-34-21-9-5-16(11-22(21)35-14-15-2-6-18(7-3-15)29(32)33)12-23-24(30)28(25(31)36-23)13-17-4-8-19(26)20(27)10-17/h2-12H,13-14H2,1H3/b23-12-. The summed E-state index contributed by atoms with van der Waals surface area (Å²) in [5.41, 5.74) is 2.04. The first kappa shape index (κ1) is 25.6. The molecule has 184 valence electrons. The van der Waals surface area contributed by atoms with Crippen LogP contribution in [-0.2, 0) is 17.9 Å². The molecule has 1 heterocycles. The Labute approximate surface area is 220 Å². The van der Waals surface area contributed by atoms with E-state index in [0.717, 1.165) is 22.2 Å². The average molecular weight is 545 g/mol. The van der Waals surface area contributed by atoms with Crippen LogP contribution < -0.4 is 9.47 Å². The molecule has 36 heavy (non-hydrogen) atoms. The fourth-order valence-corrected chi connectivity index (χ4v) is 4.54. The number of carbonyl (C=O) groups excluding carboxylic acids is 2. The normalized spacial score (nSPS) is 14.4. The number of thioether (sulfide) groups is 1. The molecule has 3 aromatic rings. The van der Waals surface area contributed by atoms with Crippen molar-refractivity contribution in [3.05, 3.63) is 102 Å². The van der Waals surface area contributed by atoms with E-state index in [1.165, 1.54) is 19.2 Å². The number of imide groups is 1. The van der Waals surface area contributed by atoms with Crippen molar-refractivity contribution in [3.63, 3.8) is 0 Å². The molecule has 0 N–H and O–H groups in total. The number of methoxy groups -OCH3 is 1. The van der Waals surface area contributed by atoms with Gasteiger partial charge in [0.15, 0.2) is 11.5 Å². The SMILES string of the molecule is COc1ccc(/C=C2\SC(=O)N(Cc3ccc(Cl)c(Cl)c3)C2=O)cc1OCc1ccc([N+](=O)[O-])cc1. The first-order valence-electron chi connectivity index (χ1n) is 10.5. The van der Waals surface area contributed by atoms with Crippen LogP contribution >= 0.6 is 35.0 Å². The van der Waals surface area contributed by atoms with E-state index in [2.05, 4.69) is 0 Å². The minimum absolute atomic E-state index is 0.00793. The molecular weight excluding hydrogens is 527 g/mol. The summed E-state index contributed by atoms with van der Waals surface area (Å²) in [5.74, 6) is 0.474. The quantitative estimate of drug-likeness (QED) is 0.176. The number of carbonyl (C=O) groups is 2. The number of hydrogen-bond acceptors (Lipinski definition) is 7. The molecule has 1 saturated heterocycles. The lowest BCUT2D eigenvalue weighted by atomic mass is 10.1. The summed E-state index contributed by atoms with van der Waals surface area (Å²) in [7, 11) is 1.50. The Morgan fingerprint density at radius 3 is 2.36 bits per heavy atom. The molecular formula is C25H18Cl2N2O6S. The van der Waals surface area contributed by atoms with E-state index in [9.17, 15) is 19.7 Å². The van der Waals surface area contributed by atoms with Crippen LogP contribution in [0, 0.1) is 10.1 Å². The third kappa shape index (κ3) is 5.81. The second kappa shape index (κ2) is 11.0. The first-order valence-corrected chi connectivity index (χ1v) is 12.1. The Hall–Kier alpha value is -3.53. The molecule has 0 radical (unpaired) electrons. The maximum absolute atomic E-state index is 12.9. The number of amides is 2. The molecule has 11 heteroatoms. The van der Waals surface area contributed by atoms with Gasteiger partial charge >= 0.3 is 0 Å². The van der Waals surface area contributed by atoms with E-state index >= 15 is 0 Å². The second-order valence-electron chi connectivity index (χ2n) is 7.64. The Bertz CT molecular complexity index is 1380. The molecule has 2 amide bonds. The van der Waals surface area contributed by atoms with Gasteiger partial charge in [-0.3, -0.25) is 24.6 Å². The highest BCUT2D eigenvalue weighted by Gasteiger charge is 2.35. The molecule has 0 bridgehead atoms. The number of nitro groups is 1. The lowest BCUT2D eigenvalue weighted by Gasteiger charge is -2.13. The maximum atomic E-state index is 12.9. The van der Waals surface area contributed by atoms with Crippen LogP contribution in [0.3, 0.4) is 0 Å². The first-order chi connectivity index (χ1) is 17.2. The van der Waals surface area contributed by atoms with Crippen LogP contribution in [0.4, 0.5) is 10.5 Å². The number of halogens is 2. The zero-order valence-electron chi connectivity index (χ0n) is 18.8.